The van der Waals surface area contributed by atoms with Crippen molar-refractivity contribution in [3.63, 3.8) is 0 Å². The third-order valence-corrected chi connectivity index (χ3v) is 7.38. The van der Waals surface area contributed by atoms with Crippen molar-refractivity contribution in [3.8, 4) is 0 Å². The fourth-order valence-electron chi connectivity index (χ4n) is 5.39. The van der Waals surface area contributed by atoms with Crippen LogP contribution < -0.4 is 0 Å². The zero-order valence-electron chi connectivity index (χ0n) is 20.0. The number of benzene rings is 1. The van der Waals surface area contributed by atoms with Gasteiger partial charge >= 0.3 is 0 Å². The molecule has 0 saturated heterocycles. The van der Waals surface area contributed by atoms with Crippen LogP contribution in [0.2, 0.25) is 0 Å². The molecule has 2 aliphatic carbocycles. The van der Waals surface area contributed by atoms with Gasteiger partial charge in [0.05, 0.1) is 17.0 Å². The molecule has 2 aromatic rings. The Morgan fingerprint density at radius 3 is 2.45 bits per heavy atom. The van der Waals surface area contributed by atoms with Gasteiger partial charge in [0.1, 0.15) is 6.33 Å². The molecule has 0 fully saturated rings. The monoisotopic (exact) mass is 416 g/mol. The van der Waals surface area contributed by atoms with E-state index in [-0.39, 0.29) is 22.5 Å². The second kappa shape index (κ2) is 8.00. The third kappa shape index (κ3) is 4.37. The number of ketones is 1. The van der Waals surface area contributed by atoms with Crippen LogP contribution in [0.5, 0.6) is 0 Å². The van der Waals surface area contributed by atoms with Crippen LogP contribution in [0.15, 0.2) is 42.2 Å². The topological polar surface area (TPSA) is 42.9 Å². The molecule has 0 saturated carbocycles. The Morgan fingerprint density at radius 2 is 1.84 bits per heavy atom. The van der Waals surface area contributed by atoms with Crippen molar-refractivity contribution in [3.05, 3.63) is 70.3 Å². The first-order valence-corrected chi connectivity index (χ1v) is 11.7. The SMILES string of the molecule is CC1=CC(C)CC1(C)c1ccc(CC2Cc3ncnc(CCC(C)(C)C)c3C2=O)cc1. The standard InChI is InChI=1S/C28H36N2O/c1-18-13-19(2)28(6,16-18)22-9-7-20(8-10-22)14-21-15-24-25(26(21)31)23(29-17-30-24)11-12-27(3,4)5/h7-10,13,17-18,21H,11-12,14-16H2,1-6H3. The first-order valence-electron chi connectivity index (χ1n) is 11.7. The first-order chi connectivity index (χ1) is 14.6. The van der Waals surface area contributed by atoms with Gasteiger partial charge in [0.25, 0.3) is 0 Å². The number of nitrogens with zero attached hydrogens (tertiary/aromatic N) is 2. The molecule has 164 valence electrons. The lowest BCUT2D eigenvalue weighted by atomic mass is 9.76. The number of rotatable bonds is 5. The van der Waals surface area contributed by atoms with Crippen molar-refractivity contribution in [1.29, 1.82) is 0 Å². The second-order valence-corrected chi connectivity index (χ2v) is 11.2. The number of carbonyl (C=O) groups is 1. The largest absolute Gasteiger partial charge is 0.294 e. The fraction of sp³-hybridized carbons (Fsp3) is 0.536. The van der Waals surface area contributed by atoms with E-state index in [4.69, 9.17) is 0 Å². The zero-order chi connectivity index (χ0) is 22.4. The summed E-state index contributed by atoms with van der Waals surface area (Å²) in [6, 6.07) is 8.98. The minimum atomic E-state index is -0.0188. The molecular formula is C28H36N2O. The molecule has 0 aliphatic heterocycles. The Hall–Kier alpha value is -2.29. The maximum Gasteiger partial charge on any atom is 0.170 e. The number of allylic oxidation sites excluding steroid dienone is 2. The molecule has 0 radical (unpaired) electrons. The predicted molar refractivity (Wildman–Crippen MR) is 126 cm³/mol. The Bertz CT molecular complexity index is 1010. The quantitative estimate of drug-likeness (QED) is 0.537. The summed E-state index contributed by atoms with van der Waals surface area (Å²) in [7, 11) is 0. The van der Waals surface area contributed by atoms with Crippen molar-refractivity contribution < 1.29 is 4.79 Å². The number of hydrogen-bond donors (Lipinski definition) is 0. The highest BCUT2D eigenvalue weighted by Gasteiger charge is 2.36. The van der Waals surface area contributed by atoms with Gasteiger partial charge in [-0.1, -0.05) is 70.5 Å². The average Bonchev–Trinajstić information content (AvgIpc) is 3.16. The molecule has 0 bridgehead atoms. The Morgan fingerprint density at radius 1 is 1.13 bits per heavy atom. The van der Waals surface area contributed by atoms with E-state index in [0.717, 1.165) is 42.6 Å². The molecule has 31 heavy (non-hydrogen) atoms. The van der Waals surface area contributed by atoms with Gasteiger partial charge in [-0.15, -0.1) is 0 Å². The van der Waals surface area contributed by atoms with Gasteiger partial charge in [-0.05, 0) is 55.1 Å². The van der Waals surface area contributed by atoms with Crippen LogP contribution in [0.1, 0.15) is 87.3 Å². The van der Waals surface area contributed by atoms with Gasteiger partial charge in [0, 0.05) is 17.8 Å². The Balaban J connectivity index is 1.48. The summed E-state index contributed by atoms with van der Waals surface area (Å²) in [5, 5.41) is 0. The summed E-state index contributed by atoms with van der Waals surface area (Å²) < 4.78 is 0. The first kappa shape index (κ1) is 21.9. The van der Waals surface area contributed by atoms with Crippen molar-refractivity contribution in [1.82, 2.24) is 9.97 Å². The number of fused-ring (bicyclic) bond motifs is 1. The highest BCUT2D eigenvalue weighted by molar-refractivity contribution is 6.02. The fourth-order valence-corrected chi connectivity index (χ4v) is 5.39. The van der Waals surface area contributed by atoms with Gasteiger partial charge < -0.3 is 0 Å². The van der Waals surface area contributed by atoms with Crippen molar-refractivity contribution in [2.45, 2.75) is 79.1 Å². The van der Waals surface area contributed by atoms with E-state index in [9.17, 15) is 4.79 Å². The zero-order valence-corrected chi connectivity index (χ0v) is 20.0. The molecular weight excluding hydrogens is 380 g/mol. The maximum atomic E-state index is 13.3. The number of carbonyl (C=O) groups excluding carboxylic acids is 1. The molecule has 0 N–H and O–H groups in total. The van der Waals surface area contributed by atoms with Gasteiger partial charge in [-0.2, -0.15) is 0 Å². The maximum absolute atomic E-state index is 13.3. The predicted octanol–water partition coefficient (Wildman–Crippen LogP) is 6.30. The van der Waals surface area contributed by atoms with Gasteiger partial charge in [0.15, 0.2) is 5.78 Å². The lowest BCUT2D eigenvalue weighted by Crippen LogP contribution is -2.21. The van der Waals surface area contributed by atoms with Crippen LogP contribution in [0, 0.1) is 17.3 Å². The van der Waals surface area contributed by atoms with Gasteiger partial charge in [-0.25, -0.2) is 9.97 Å². The molecule has 1 heterocycles. The second-order valence-electron chi connectivity index (χ2n) is 11.2. The van der Waals surface area contributed by atoms with Crippen LogP contribution in [0.3, 0.4) is 0 Å². The number of Topliss-reactive ketones (excluding diaryl/α,β-unsaturated/α-hetero) is 1. The number of aryl methyl sites for hydroxylation is 1. The molecule has 3 nitrogen and oxygen atoms in total. The minimum absolute atomic E-state index is 0.0188. The van der Waals surface area contributed by atoms with Crippen LogP contribution in [-0.2, 0) is 24.7 Å². The van der Waals surface area contributed by atoms with E-state index in [1.807, 2.05) is 0 Å². The Kier molecular flexibility index (Phi) is 5.66. The summed E-state index contributed by atoms with van der Waals surface area (Å²) in [5.74, 6) is 0.849. The molecule has 0 spiro atoms. The molecule has 3 unspecified atom stereocenters. The summed E-state index contributed by atoms with van der Waals surface area (Å²) in [5.41, 5.74) is 7.13. The average molecular weight is 417 g/mol. The lowest BCUT2D eigenvalue weighted by Gasteiger charge is -2.28. The minimum Gasteiger partial charge on any atom is -0.294 e. The van der Waals surface area contributed by atoms with E-state index in [1.165, 1.54) is 23.1 Å². The van der Waals surface area contributed by atoms with Crippen molar-refractivity contribution in [2.24, 2.45) is 17.3 Å². The van der Waals surface area contributed by atoms with Crippen LogP contribution in [-0.4, -0.2) is 15.8 Å². The van der Waals surface area contributed by atoms with E-state index in [0.29, 0.717) is 5.92 Å². The van der Waals surface area contributed by atoms with E-state index in [2.05, 4.69) is 81.9 Å². The smallest absolute Gasteiger partial charge is 0.170 e. The summed E-state index contributed by atoms with van der Waals surface area (Å²) in [6.07, 6.45) is 8.58. The number of aromatic nitrogens is 2. The normalized spacial score (nSPS) is 25.6. The van der Waals surface area contributed by atoms with E-state index in [1.54, 1.807) is 6.33 Å². The van der Waals surface area contributed by atoms with Crippen LogP contribution >= 0.6 is 0 Å². The molecule has 3 atom stereocenters. The summed E-state index contributed by atoms with van der Waals surface area (Å²) >= 11 is 0. The molecule has 1 aromatic heterocycles. The number of hydrogen-bond acceptors (Lipinski definition) is 3. The summed E-state index contributed by atoms with van der Waals surface area (Å²) in [6.45, 7) is 13.6. The highest BCUT2D eigenvalue weighted by atomic mass is 16.1. The lowest BCUT2D eigenvalue weighted by molar-refractivity contribution is 0.0935. The highest BCUT2D eigenvalue weighted by Crippen LogP contribution is 2.44. The van der Waals surface area contributed by atoms with Crippen molar-refractivity contribution in [2.75, 3.05) is 0 Å². The van der Waals surface area contributed by atoms with E-state index < -0.39 is 0 Å². The molecule has 1 aromatic carbocycles. The molecule has 4 rings (SSSR count). The molecule has 0 amide bonds. The van der Waals surface area contributed by atoms with Gasteiger partial charge in [-0.3, -0.25) is 4.79 Å². The van der Waals surface area contributed by atoms with E-state index >= 15 is 0 Å². The van der Waals surface area contributed by atoms with Crippen LogP contribution in [0.4, 0.5) is 0 Å². The summed E-state index contributed by atoms with van der Waals surface area (Å²) in [4.78, 5) is 22.2. The third-order valence-electron chi connectivity index (χ3n) is 7.38. The Labute approximate surface area is 187 Å². The van der Waals surface area contributed by atoms with Crippen LogP contribution in [0.25, 0.3) is 0 Å². The van der Waals surface area contributed by atoms with Gasteiger partial charge in [0.2, 0.25) is 0 Å². The molecule has 3 heteroatoms. The van der Waals surface area contributed by atoms with Crippen molar-refractivity contribution >= 4 is 5.78 Å². The molecule has 2 aliphatic rings.